The number of ketones is 1. The molecule has 4 rings (SSSR count). The first-order valence-corrected chi connectivity index (χ1v) is 9.29. The van der Waals surface area contributed by atoms with Gasteiger partial charge in [-0.05, 0) is 42.0 Å². The summed E-state index contributed by atoms with van der Waals surface area (Å²) in [5, 5.41) is 11.9. The van der Waals surface area contributed by atoms with Crippen LogP contribution in [-0.4, -0.2) is 15.3 Å². The third-order valence-corrected chi connectivity index (χ3v) is 5.66. The van der Waals surface area contributed by atoms with E-state index in [1.54, 1.807) is 55.5 Å². The zero-order chi connectivity index (χ0) is 19.8. The molecule has 0 radical (unpaired) electrons. The topological polar surface area (TPSA) is 82.2 Å². The lowest BCUT2D eigenvalue weighted by atomic mass is 9.98. The van der Waals surface area contributed by atoms with Crippen LogP contribution in [0.4, 0.5) is 5.00 Å². The second-order valence-corrected chi connectivity index (χ2v) is 7.22. The number of fused-ring (bicyclic) bond motifs is 1. The van der Waals surface area contributed by atoms with Crippen molar-refractivity contribution in [2.45, 2.75) is 6.92 Å². The summed E-state index contributed by atoms with van der Waals surface area (Å²) in [7, 11) is 0. The van der Waals surface area contributed by atoms with Crippen LogP contribution in [0.2, 0.25) is 0 Å². The van der Waals surface area contributed by atoms with Crippen molar-refractivity contribution in [1.29, 1.82) is 0 Å². The monoisotopic (exact) mass is 390 g/mol. The van der Waals surface area contributed by atoms with E-state index in [-0.39, 0.29) is 16.1 Å². The number of nitrogens with zero attached hydrogens (tertiary/aromatic N) is 2. The SMILES string of the molecule is Cc1ccccc1C(=O)c1c([N+](=O)[O-])sc2c1ccc(=O)n2-c1ccccc1. The van der Waals surface area contributed by atoms with Gasteiger partial charge in [-0.2, -0.15) is 0 Å². The van der Waals surface area contributed by atoms with Crippen molar-refractivity contribution in [2.75, 3.05) is 0 Å². The standard InChI is InChI=1S/C21H14N2O4S/c1-13-7-5-6-10-15(13)19(25)18-16-11-12-17(24)22(14-8-3-2-4-9-14)20(16)28-21(18)23(26)27/h2-12H,1H3. The Morgan fingerprint density at radius 1 is 1.00 bits per heavy atom. The fourth-order valence-electron chi connectivity index (χ4n) is 3.20. The van der Waals surface area contributed by atoms with Crippen molar-refractivity contribution < 1.29 is 9.72 Å². The molecular formula is C21H14N2O4S. The summed E-state index contributed by atoms with van der Waals surface area (Å²) in [6, 6.07) is 18.7. The van der Waals surface area contributed by atoms with Crippen LogP contribution in [0.3, 0.4) is 0 Å². The third kappa shape index (κ3) is 2.82. The van der Waals surface area contributed by atoms with Gasteiger partial charge in [0.15, 0.2) is 0 Å². The molecule has 2 heterocycles. The van der Waals surface area contributed by atoms with Gasteiger partial charge in [0.2, 0.25) is 5.78 Å². The minimum absolute atomic E-state index is 0.0176. The molecule has 0 atom stereocenters. The summed E-state index contributed by atoms with van der Waals surface area (Å²) < 4.78 is 1.40. The molecule has 0 spiro atoms. The van der Waals surface area contributed by atoms with Crippen LogP contribution in [0, 0.1) is 17.0 Å². The van der Waals surface area contributed by atoms with Crippen molar-refractivity contribution in [2.24, 2.45) is 0 Å². The summed E-state index contributed by atoms with van der Waals surface area (Å²) in [6.45, 7) is 1.79. The number of thiophene rings is 1. The molecule has 7 heteroatoms. The van der Waals surface area contributed by atoms with E-state index in [0.29, 0.717) is 21.5 Å². The van der Waals surface area contributed by atoms with E-state index in [9.17, 15) is 19.7 Å². The van der Waals surface area contributed by atoms with Crippen molar-refractivity contribution in [3.8, 4) is 5.69 Å². The highest BCUT2D eigenvalue weighted by Gasteiger charge is 2.30. The van der Waals surface area contributed by atoms with Crippen LogP contribution in [0.5, 0.6) is 0 Å². The highest BCUT2D eigenvalue weighted by Crippen LogP contribution is 2.39. The molecule has 4 aromatic rings. The number of hydrogen-bond donors (Lipinski definition) is 0. The van der Waals surface area contributed by atoms with Gasteiger partial charge < -0.3 is 0 Å². The maximum absolute atomic E-state index is 13.2. The van der Waals surface area contributed by atoms with Gasteiger partial charge in [0, 0.05) is 17.0 Å². The van der Waals surface area contributed by atoms with Crippen LogP contribution in [0.25, 0.3) is 15.9 Å². The highest BCUT2D eigenvalue weighted by molar-refractivity contribution is 7.22. The predicted molar refractivity (Wildman–Crippen MR) is 109 cm³/mol. The molecule has 0 amide bonds. The minimum Gasteiger partial charge on any atom is -0.288 e. The number of aryl methyl sites for hydroxylation is 1. The van der Waals surface area contributed by atoms with Gasteiger partial charge in [-0.1, -0.05) is 42.5 Å². The number of hydrogen-bond acceptors (Lipinski definition) is 5. The Hall–Kier alpha value is -3.58. The zero-order valence-electron chi connectivity index (χ0n) is 14.8. The van der Waals surface area contributed by atoms with Crippen molar-refractivity contribution in [1.82, 2.24) is 4.57 Å². The van der Waals surface area contributed by atoms with E-state index in [4.69, 9.17) is 0 Å². The van der Waals surface area contributed by atoms with Gasteiger partial charge in [0.25, 0.3) is 5.56 Å². The van der Waals surface area contributed by atoms with Gasteiger partial charge in [0.05, 0.1) is 10.6 Å². The maximum Gasteiger partial charge on any atom is 0.337 e. The Bertz CT molecular complexity index is 1290. The van der Waals surface area contributed by atoms with Crippen LogP contribution >= 0.6 is 11.3 Å². The van der Waals surface area contributed by atoms with E-state index in [1.165, 1.54) is 16.7 Å². The molecule has 0 saturated carbocycles. The molecule has 0 aliphatic rings. The molecule has 0 fully saturated rings. The lowest BCUT2D eigenvalue weighted by molar-refractivity contribution is -0.380. The van der Waals surface area contributed by atoms with Crippen LogP contribution in [-0.2, 0) is 0 Å². The number of pyridine rings is 1. The molecule has 2 aromatic heterocycles. The molecule has 2 aromatic carbocycles. The number of nitro groups is 1. The summed E-state index contributed by atoms with van der Waals surface area (Å²) in [5.41, 5.74) is 1.43. The molecule has 0 aliphatic heterocycles. The second-order valence-electron chi connectivity index (χ2n) is 6.24. The van der Waals surface area contributed by atoms with Gasteiger partial charge >= 0.3 is 5.00 Å². The lowest BCUT2D eigenvalue weighted by Gasteiger charge is -2.07. The Balaban J connectivity index is 2.06. The highest BCUT2D eigenvalue weighted by atomic mass is 32.1. The fraction of sp³-hybridized carbons (Fsp3) is 0.0476. The fourth-order valence-corrected chi connectivity index (χ4v) is 4.33. The lowest BCUT2D eigenvalue weighted by Crippen LogP contribution is -2.16. The smallest absolute Gasteiger partial charge is 0.288 e. The first-order chi connectivity index (χ1) is 13.5. The Kier molecular flexibility index (Phi) is 4.37. The molecule has 0 saturated heterocycles. The number of carbonyl (C=O) groups is 1. The molecule has 0 unspecified atom stereocenters. The van der Waals surface area contributed by atoms with Crippen LogP contribution in [0.15, 0.2) is 71.5 Å². The number of benzene rings is 2. The van der Waals surface area contributed by atoms with E-state index in [2.05, 4.69) is 0 Å². The molecule has 6 nitrogen and oxygen atoms in total. The second kappa shape index (κ2) is 6.86. The molecular weight excluding hydrogens is 376 g/mol. The van der Waals surface area contributed by atoms with Gasteiger partial charge in [-0.25, -0.2) is 0 Å². The Morgan fingerprint density at radius 2 is 1.68 bits per heavy atom. The average Bonchev–Trinajstić information content (AvgIpc) is 3.08. The van der Waals surface area contributed by atoms with E-state index >= 15 is 0 Å². The predicted octanol–water partition coefficient (Wildman–Crippen LogP) is 4.50. The molecule has 28 heavy (non-hydrogen) atoms. The van der Waals surface area contributed by atoms with Crippen molar-refractivity contribution in [3.05, 3.63) is 104 Å². The first kappa shape index (κ1) is 17.8. The van der Waals surface area contributed by atoms with E-state index in [1.807, 2.05) is 6.07 Å². The summed E-state index contributed by atoms with van der Waals surface area (Å²) in [4.78, 5) is 37.3. The number of carbonyl (C=O) groups excluding carboxylic acids is 1. The van der Waals surface area contributed by atoms with E-state index < -0.39 is 10.7 Å². The Morgan fingerprint density at radius 3 is 2.36 bits per heavy atom. The van der Waals surface area contributed by atoms with Gasteiger partial charge in [-0.15, -0.1) is 0 Å². The molecule has 0 aliphatic carbocycles. The number of aromatic nitrogens is 1. The maximum atomic E-state index is 13.2. The quantitative estimate of drug-likeness (QED) is 0.292. The van der Waals surface area contributed by atoms with Crippen LogP contribution in [0.1, 0.15) is 21.5 Å². The largest absolute Gasteiger partial charge is 0.337 e. The number of rotatable bonds is 4. The minimum atomic E-state index is -0.560. The van der Waals surface area contributed by atoms with Crippen LogP contribution < -0.4 is 5.56 Å². The molecule has 0 bridgehead atoms. The Labute approximate surface area is 163 Å². The van der Waals surface area contributed by atoms with Gasteiger partial charge in [0.1, 0.15) is 10.4 Å². The van der Waals surface area contributed by atoms with Crippen molar-refractivity contribution >= 4 is 32.3 Å². The third-order valence-electron chi connectivity index (χ3n) is 4.52. The summed E-state index contributed by atoms with van der Waals surface area (Å²) in [6.07, 6.45) is 0. The van der Waals surface area contributed by atoms with E-state index in [0.717, 1.165) is 16.9 Å². The number of para-hydroxylation sites is 1. The summed E-state index contributed by atoms with van der Waals surface area (Å²) >= 11 is 0.840. The molecule has 138 valence electrons. The summed E-state index contributed by atoms with van der Waals surface area (Å²) in [5.74, 6) is -0.422. The van der Waals surface area contributed by atoms with Crippen molar-refractivity contribution in [3.63, 3.8) is 0 Å². The molecule has 0 N–H and O–H groups in total. The first-order valence-electron chi connectivity index (χ1n) is 8.47. The zero-order valence-corrected chi connectivity index (χ0v) is 15.6. The van der Waals surface area contributed by atoms with Gasteiger partial charge in [-0.3, -0.25) is 24.3 Å². The average molecular weight is 390 g/mol. The normalized spacial score (nSPS) is 10.9.